The van der Waals surface area contributed by atoms with Gasteiger partial charge in [-0.3, -0.25) is 10.1 Å². The zero-order valence-electron chi connectivity index (χ0n) is 11.0. The van der Waals surface area contributed by atoms with Gasteiger partial charge >= 0.3 is 5.69 Å². The standard InChI is InChI=1S/C13H13N3O4/c1-8-7-10(17)3-4-11(8)14-6-5-12-13(16(18)19)9(2)15-20-12/h3-7,14,17H,1-2H3. The van der Waals surface area contributed by atoms with E-state index in [1.807, 2.05) is 6.92 Å². The van der Waals surface area contributed by atoms with Gasteiger partial charge in [-0.1, -0.05) is 5.16 Å². The van der Waals surface area contributed by atoms with E-state index in [4.69, 9.17) is 4.52 Å². The SMILES string of the molecule is Cc1cc(O)ccc1NC=Cc1onc(C)c1[N+](=O)[O-]. The summed E-state index contributed by atoms with van der Waals surface area (Å²) in [5.41, 5.74) is 1.71. The molecular formula is C13H13N3O4. The molecule has 1 heterocycles. The lowest BCUT2D eigenvalue weighted by molar-refractivity contribution is -0.386. The van der Waals surface area contributed by atoms with Crippen molar-refractivity contribution in [3.63, 3.8) is 0 Å². The molecule has 0 spiro atoms. The Bertz CT molecular complexity index is 676. The van der Waals surface area contributed by atoms with E-state index in [9.17, 15) is 15.2 Å². The molecule has 2 rings (SSSR count). The molecule has 0 amide bonds. The van der Waals surface area contributed by atoms with Crippen molar-refractivity contribution in [2.45, 2.75) is 13.8 Å². The van der Waals surface area contributed by atoms with Gasteiger partial charge in [0.1, 0.15) is 5.75 Å². The number of aryl methyl sites for hydroxylation is 2. The largest absolute Gasteiger partial charge is 0.508 e. The van der Waals surface area contributed by atoms with Crippen LogP contribution in [0.2, 0.25) is 0 Å². The van der Waals surface area contributed by atoms with Crippen LogP contribution in [0.25, 0.3) is 6.08 Å². The number of aromatic nitrogens is 1. The topological polar surface area (TPSA) is 101 Å². The number of rotatable bonds is 4. The van der Waals surface area contributed by atoms with Gasteiger partial charge in [0.05, 0.1) is 4.92 Å². The van der Waals surface area contributed by atoms with Gasteiger partial charge in [-0.2, -0.15) is 0 Å². The Labute approximate surface area is 114 Å². The van der Waals surface area contributed by atoms with Crippen LogP contribution < -0.4 is 5.32 Å². The zero-order valence-corrected chi connectivity index (χ0v) is 11.0. The van der Waals surface area contributed by atoms with Crippen molar-refractivity contribution in [2.24, 2.45) is 0 Å². The van der Waals surface area contributed by atoms with Gasteiger partial charge in [0.15, 0.2) is 5.69 Å². The van der Waals surface area contributed by atoms with Crippen LogP contribution in [-0.4, -0.2) is 15.2 Å². The summed E-state index contributed by atoms with van der Waals surface area (Å²) in [4.78, 5) is 10.3. The average Bonchev–Trinajstić information content (AvgIpc) is 2.73. The summed E-state index contributed by atoms with van der Waals surface area (Å²) in [6.07, 6.45) is 2.96. The van der Waals surface area contributed by atoms with E-state index in [1.54, 1.807) is 18.2 Å². The molecule has 0 radical (unpaired) electrons. The van der Waals surface area contributed by atoms with Crippen LogP contribution in [0, 0.1) is 24.0 Å². The number of hydrogen-bond donors (Lipinski definition) is 2. The van der Waals surface area contributed by atoms with Crippen molar-refractivity contribution in [1.29, 1.82) is 0 Å². The summed E-state index contributed by atoms with van der Waals surface area (Å²) in [5, 5.41) is 26.7. The van der Waals surface area contributed by atoms with Crippen LogP contribution in [0.4, 0.5) is 11.4 Å². The van der Waals surface area contributed by atoms with Gasteiger partial charge < -0.3 is 14.9 Å². The number of nitrogens with one attached hydrogen (secondary N) is 1. The van der Waals surface area contributed by atoms with E-state index in [1.165, 1.54) is 19.2 Å². The summed E-state index contributed by atoms with van der Waals surface area (Å²) < 4.78 is 4.89. The molecule has 0 saturated carbocycles. The van der Waals surface area contributed by atoms with Crippen molar-refractivity contribution in [3.8, 4) is 5.75 Å². The molecule has 0 unspecified atom stereocenters. The highest BCUT2D eigenvalue weighted by molar-refractivity contribution is 5.61. The summed E-state index contributed by atoms with van der Waals surface area (Å²) in [7, 11) is 0. The molecule has 1 aromatic heterocycles. The van der Waals surface area contributed by atoms with E-state index < -0.39 is 4.92 Å². The maximum atomic E-state index is 10.9. The Kier molecular flexibility index (Phi) is 3.69. The minimum Gasteiger partial charge on any atom is -0.508 e. The quantitative estimate of drug-likeness (QED) is 0.505. The molecule has 2 N–H and O–H groups in total. The second-order valence-corrected chi connectivity index (χ2v) is 4.21. The Hall–Kier alpha value is -2.83. The lowest BCUT2D eigenvalue weighted by atomic mass is 10.2. The number of nitro groups is 1. The summed E-state index contributed by atoms with van der Waals surface area (Å²) in [6.45, 7) is 3.34. The Morgan fingerprint density at radius 1 is 1.45 bits per heavy atom. The third kappa shape index (κ3) is 2.77. The molecule has 2 aromatic rings. The first-order chi connectivity index (χ1) is 9.49. The van der Waals surface area contributed by atoms with Gasteiger partial charge in [0.2, 0.25) is 5.76 Å². The predicted molar refractivity (Wildman–Crippen MR) is 73.4 cm³/mol. The van der Waals surface area contributed by atoms with Crippen LogP contribution >= 0.6 is 0 Å². The maximum absolute atomic E-state index is 10.9. The van der Waals surface area contributed by atoms with Gasteiger partial charge in [-0.15, -0.1) is 0 Å². The highest BCUT2D eigenvalue weighted by Gasteiger charge is 2.21. The first kappa shape index (κ1) is 13.6. The molecule has 0 atom stereocenters. The zero-order chi connectivity index (χ0) is 14.7. The molecule has 0 fully saturated rings. The molecule has 0 bridgehead atoms. The highest BCUT2D eigenvalue weighted by Crippen LogP contribution is 2.24. The predicted octanol–water partition coefficient (Wildman–Crippen LogP) is 2.99. The van der Waals surface area contributed by atoms with Crippen LogP contribution in [0.15, 0.2) is 28.9 Å². The molecule has 1 aromatic carbocycles. The van der Waals surface area contributed by atoms with E-state index in [2.05, 4.69) is 10.5 Å². The molecule has 104 valence electrons. The monoisotopic (exact) mass is 275 g/mol. The summed E-state index contributed by atoms with van der Waals surface area (Å²) >= 11 is 0. The number of phenols is 1. The fraction of sp³-hybridized carbons (Fsp3) is 0.154. The number of hydrogen-bond acceptors (Lipinski definition) is 6. The van der Waals surface area contributed by atoms with E-state index in [-0.39, 0.29) is 22.9 Å². The number of aromatic hydroxyl groups is 1. The number of anilines is 1. The van der Waals surface area contributed by atoms with Crippen molar-refractivity contribution < 1.29 is 14.6 Å². The Morgan fingerprint density at radius 2 is 2.20 bits per heavy atom. The van der Waals surface area contributed by atoms with Crippen molar-refractivity contribution in [1.82, 2.24) is 5.16 Å². The van der Waals surface area contributed by atoms with Gasteiger partial charge in [0, 0.05) is 18.0 Å². The minimum atomic E-state index is -0.530. The van der Waals surface area contributed by atoms with Crippen LogP contribution in [0.5, 0.6) is 5.75 Å². The molecule has 0 aliphatic carbocycles. The second-order valence-electron chi connectivity index (χ2n) is 4.21. The molecule has 20 heavy (non-hydrogen) atoms. The van der Waals surface area contributed by atoms with Gasteiger partial charge in [-0.25, -0.2) is 0 Å². The van der Waals surface area contributed by atoms with Crippen molar-refractivity contribution in [2.75, 3.05) is 5.32 Å². The van der Waals surface area contributed by atoms with Gasteiger partial charge in [-0.05, 0) is 37.6 Å². The Morgan fingerprint density at radius 3 is 2.85 bits per heavy atom. The molecular weight excluding hydrogens is 262 g/mol. The first-order valence-electron chi connectivity index (χ1n) is 5.82. The van der Waals surface area contributed by atoms with E-state index in [0.29, 0.717) is 0 Å². The fourth-order valence-corrected chi connectivity index (χ4v) is 1.73. The molecule has 7 heteroatoms. The fourth-order valence-electron chi connectivity index (χ4n) is 1.73. The van der Waals surface area contributed by atoms with Crippen LogP contribution in [-0.2, 0) is 0 Å². The minimum absolute atomic E-state index is 0.0800. The molecule has 7 nitrogen and oxygen atoms in total. The third-order valence-corrected chi connectivity index (χ3v) is 2.72. The molecule has 0 aliphatic rings. The average molecular weight is 275 g/mol. The first-order valence-corrected chi connectivity index (χ1v) is 5.82. The second kappa shape index (κ2) is 5.43. The molecule has 0 saturated heterocycles. The lowest BCUT2D eigenvalue weighted by Crippen LogP contribution is -1.92. The molecule has 0 aliphatic heterocycles. The van der Waals surface area contributed by atoms with Crippen molar-refractivity contribution in [3.05, 3.63) is 51.5 Å². The van der Waals surface area contributed by atoms with Gasteiger partial charge in [0.25, 0.3) is 0 Å². The summed E-state index contributed by atoms with van der Waals surface area (Å²) in [5.74, 6) is 0.259. The third-order valence-electron chi connectivity index (χ3n) is 2.72. The lowest BCUT2D eigenvalue weighted by Gasteiger charge is -2.04. The van der Waals surface area contributed by atoms with Crippen molar-refractivity contribution >= 4 is 17.5 Å². The van der Waals surface area contributed by atoms with E-state index >= 15 is 0 Å². The number of nitrogens with zero attached hydrogens (tertiary/aromatic N) is 2. The number of benzene rings is 1. The Balaban J connectivity index is 2.16. The van der Waals surface area contributed by atoms with Crippen LogP contribution in [0.1, 0.15) is 17.0 Å². The smallest absolute Gasteiger partial charge is 0.338 e. The van der Waals surface area contributed by atoms with Crippen LogP contribution in [0.3, 0.4) is 0 Å². The highest BCUT2D eigenvalue weighted by atomic mass is 16.6. The van der Waals surface area contributed by atoms with E-state index in [0.717, 1.165) is 11.3 Å². The summed E-state index contributed by atoms with van der Waals surface area (Å²) in [6, 6.07) is 4.86. The maximum Gasteiger partial charge on any atom is 0.338 e. The number of phenolic OH excluding ortho intramolecular Hbond substituents is 1. The normalized spacial score (nSPS) is 10.9.